The summed E-state index contributed by atoms with van der Waals surface area (Å²) in [7, 11) is 1.59. The van der Waals surface area contributed by atoms with Crippen LogP contribution in [0.5, 0.6) is 11.5 Å². The monoisotopic (exact) mass is 453 g/mol. The molecular formula is C18H17Br2NO3. The molecule has 0 saturated heterocycles. The molecule has 0 radical (unpaired) electrons. The lowest BCUT2D eigenvalue weighted by Crippen LogP contribution is -2.09. The van der Waals surface area contributed by atoms with Crippen LogP contribution in [0.2, 0.25) is 0 Å². The summed E-state index contributed by atoms with van der Waals surface area (Å²) in [5, 5.41) is 2.82. The quantitative estimate of drug-likeness (QED) is 0.604. The van der Waals surface area contributed by atoms with Gasteiger partial charge in [-0.1, -0.05) is 28.1 Å². The van der Waals surface area contributed by atoms with Crippen LogP contribution >= 0.6 is 31.9 Å². The van der Waals surface area contributed by atoms with Gasteiger partial charge in [-0.25, -0.2) is 0 Å². The average Bonchev–Trinajstić information content (AvgIpc) is 2.54. The van der Waals surface area contributed by atoms with Crippen molar-refractivity contribution in [2.24, 2.45) is 0 Å². The Hall–Kier alpha value is -1.79. The van der Waals surface area contributed by atoms with Crippen LogP contribution in [0.1, 0.15) is 12.5 Å². The lowest BCUT2D eigenvalue weighted by molar-refractivity contribution is -0.111. The number of ether oxygens (including phenoxy) is 2. The maximum atomic E-state index is 12.2. The Labute approximate surface area is 158 Å². The van der Waals surface area contributed by atoms with E-state index >= 15 is 0 Å². The minimum Gasteiger partial charge on any atom is -0.495 e. The van der Waals surface area contributed by atoms with Crippen LogP contribution in [0.4, 0.5) is 5.69 Å². The van der Waals surface area contributed by atoms with Crippen LogP contribution < -0.4 is 14.8 Å². The van der Waals surface area contributed by atoms with Gasteiger partial charge in [0.05, 0.1) is 23.9 Å². The van der Waals surface area contributed by atoms with Crippen molar-refractivity contribution in [3.8, 4) is 11.5 Å². The van der Waals surface area contributed by atoms with Crippen molar-refractivity contribution < 1.29 is 14.3 Å². The van der Waals surface area contributed by atoms with E-state index in [1.807, 2.05) is 37.3 Å². The first-order valence-electron chi connectivity index (χ1n) is 7.29. The molecule has 2 aromatic rings. The summed E-state index contributed by atoms with van der Waals surface area (Å²) in [6.45, 7) is 2.43. The fourth-order valence-corrected chi connectivity index (χ4v) is 3.53. The normalized spacial score (nSPS) is 10.7. The Morgan fingerprint density at radius 3 is 2.71 bits per heavy atom. The van der Waals surface area contributed by atoms with Gasteiger partial charge < -0.3 is 14.8 Å². The van der Waals surface area contributed by atoms with Crippen LogP contribution in [0.25, 0.3) is 6.08 Å². The standard InChI is InChI=1S/C18H17Br2NO3/c1-3-24-16-7-5-4-6-15(16)21-17(22)9-8-12-10-13(19)11-14(20)18(12)23-2/h4-11H,3H2,1-2H3,(H,21,22)/b9-8+. The van der Waals surface area contributed by atoms with Crippen LogP contribution in [0, 0.1) is 0 Å². The Morgan fingerprint density at radius 2 is 2.00 bits per heavy atom. The third-order valence-electron chi connectivity index (χ3n) is 3.10. The van der Waals surface area contributed by atoms with E-state index in [1.54, 1.807) is 19.3 Å². The summed E-state index contributed by atoms with van der Waals surface area (Å²) < 4.78 is 12.6. The molecule has 0 unspecified atom stereocenters. The molecule has 6 heteroatoms. The van der Waals surface area contributed by atoms with Gasteiger partial charge in [0.25, 0.3) is 0 Å². The lowest BCUT2D eigenvalue weighted by atomic mass is 10.2. The molecule has 0 spiro atoms. The topological polar surface area (TPSA) is 47.6 Å². The van der Waals surface area contributed by atoms with Crippen molar-refractivity contribution in [2.75, 3.05) is 19.0 Å². The second kappa shape index (κ2) is 8.89. The maximum Gasteiger partial charge on any atom is 0.248 e. The van der Waals surface area contributed by atoms with E-state index < -0.39 is 0 Å². The van der Waals surface area contributed by atoms with Crippen LogP contribution in [0.3, 0.4) is 0 Å². The molecule has 0 heterocycles. The number of carbonyl (C=O) groups excluding carboxylic acids is 1. The van der Waals surface area contributed by atoms with Gasteiger partial charge in [-0.15, -0.1) is 0 Å². The second-order valence-corrected chi connectivity index (χ2v) is 6.53. The molecule has 1 amide bonds. The molecule has 4 nitrogen and oxygen atoms in total. The average molecular weight is 455 g/mol. The van der Waals surface area contributed by atoms with Gasteiger partial charge in [-0.3, -0.25) is 4.79 Å². The molecule has 0 bridgehead atoms. The molecule has 0 atom stereocenters. The van der Waals surface area contributed by atoms with E-state index in [2.05, 4.69) is 37.2 Å². The summed E-state index contributed by atoms with van der Waals surface area (Å²) in [5.41, 5.74) is 1.42. The van der Waals surface area contributed by atoms with E-state index in [0.717, 1.165) is 14.5 Å². The van der Waals surface area contributed by atoms with Crippen molar-refractivity contribution in [3.05, 3.63) is 57.0 Å². The molecule has 0 aliphatic heterocycles. The highest BCUT2D eigenvalue weighted by Gasteiger charge is 2.08. The summed E-state index contributed by atoms with van der Waals surface area (Å²) >= 11 is 6.87. The number of amides is 1. The summed E-state index contributed by atoms with van der Waals surface area (Å²) in [6.07, 6.45) is 3.16. The van der Waals surface area contributed by atoms with Crippen molar-refractivity contribution >= 4 is 49.5 Å². The van der Waals surface area contributed by atoms with Gasteiger partial charge in [0.2, 0.25) is 5.91 Å². The van der Waals surface area contributed by atoms with Gasteiger partial charge in [0, 0.05) is 16.1 Å². The summed E-state index contributed by atoms with van der Waals surface area (Å²) in [4.78, 5) is 12.2. The summed E-state index contributed by atoms with van der Waals surface area (Å²) in [5.74, 6) is 1.06. The molecule has 1 N–H and O–H groups in total. The Morgan fingerprint density at radius 1 is 1.25 bits per heavy atom. The van der Waals surface area contributed by atoms with Gasteiger partial charge >= 0.3 is 0 Å². The second-order valence-electron chi connectivity index (χ2n) is 4.76. The van der Waals surface area contributed by atoms with E-state index in [0.29, 0.717) is 23.8 Å². The molecule has 0 aliphatic carbocycles. The Kier molecular flexibility index (Phi) is 6.87. The highest BCUT2D eigenvalue weighted by molar-refractivity contribution is 9.11. The van der Waals surface area contributed by atoms with E-state index in [1.165, 1.54) is 6.08 Å². The lowest BCUT2D eigenvalue weighted by Gasteiger charge is -2.10. The van der Waals surface area contributed by atoms with Gasteiger partial charge in [0.15, 0.2) is 0 Å². The fourth-order valence-electron chi connectivity index (χ4n) is 2.11. The molecule has 0 aromatic heterocycles. The molecule has 24 heavy (non-hydrogen) atoms. The van der Waals surface area contributed by atoms with Crippen molar-refractivity contribution in [2.45, 2.75) is 6.92 Å². The first kappa shape index (κ1) is 18.5. The van der Waals surface area contributed by atoms with E-state index in [-0.39, 0.29) is 5.91 Å². The predicted molar refractivity (Wildman–Crippen MR) is 104 cm³/mol. The molecular weight excluding hydrogens is 438 g/mol. The number of para-hydroxylation sites is 2. The van der Waals surface area contributed by atoms with E-state index in [4.69, 9.17) is 9.47 Å². The number of nitrogens with one attached hydrogen (secondary N) is 1. The van der Waals surface area contributed by atoms with Crippen molar-refractivity contribution in [3.63, 3.8) is 0 Å². The number of anilines is 1. The largest absolute Gasteiger partial charge is 0.495 e. The fraction of sp³-hybridized carbons (Fsp3) is 0.167. The number of methoxy groups -OCH3 is 1. The SMILES string of the molecule is CCOc1ccccc1NC(=O)/C=C/c1cc(Br)cc(Br)c1OC. The maximum absolute atomic E-state index is 12.2. The Balaban J connectivity index is 2.17. The zero-order valence-corrected chi connectivity index (χ0v) is 16.5. The van der Waals surface area contributed by atoms with Crippen LogP contribution in [-0.2, 0) is 4.79 Å². The first-order chi connectivity index (χ1) is 11.5. The first-order valence-corrected chi connectivity index (χ1v) is 8.87. The highest BCUT2D eigenvalue weighted by atomic mass is 79.9. The van der Waals surface area contributed by atoms with Gasteiger partial charge in [-0.05, 0) is 53.2 Å². The number of hydrogen-bond donors (Lipinski definition) is 1. The number of halogens is 2. The van der Waals surface area contributed by atoms with Crippen LogP contribution in [0.15, 0.2) is 51.4 Å². The van der Waals surface area contributed by atoms with E-state index in [9.17, 15) is 4.79 Å². The zero-order chi connectivity index (χ0) is 17.5. The third kappa shape index (κ3) is 4.85. The number of hydrogen-bond acceptors (Lipinski definition) is 3. The summed E-state index contributed by atoms with van der Waals surface area (Å²) in [6, 6.07) is 11.1. The third-order valence-corrected chi connectivity index (χ3v) is 4.15. The molecule has 2 rings (SSSR count). The predicted octanol–water partition coefficient (Wildman–Crippen LogP) is 5.27. The molecule has 126 valence electrons. The van der Waals surface area contributed by atoms with Crippen molar-refractivity contribution in [1.29, 1.82) is 0 Å². The van der Waals surface area contributed by atoms with Crippen molar-refractivity contribution in [1.82, 2.24) is 0 Å². The molecule has 0 fully saturated rings. The molecule has 2 aromatic carbocycles. The Bertz CT molecular complexity index is 760. The number of rotatable bonds is 6. The number of benzene rings is 2. The number of carbonyl (C=O) groups is 1. The molecule has 0 saturated carbocycles. The highest BCUT2D eigenvalue weighted by Crippen LogP contribution is 2.33. The van der Waals surface area contributed by atoms with Gasteiger partial charge in [0.1, 0.15) is 11.5 Å². The minimum atomic E-state index is -0.250. The zero-order valence-electron chi connectivity index (χ0n) is 13.3. The van der Waals surface area contributed by atoms with Crippen LogP contribution in [-0.4, -0.2) is 19.6 Å². The minimum absolute atomic E-state index is 0.250. The van der Waals surface area contributed by atoms with Gasteiger partial charge in [-0.2, -0.15) is 0 Å². The smallest absolute Gasteiger partial charge is 0.248 e. The molecule has 0 aliphatic rings.